The molecule has 0 saturated carbocycles. The van der Waals surface area contributed by atoms with Crippen molar-refractivity contribution in [2.24, 2.45) is 0 Å². The molecule has 1 heterocycles. The summed E-state index contributed by atoms with van der Waals surface area (Å²) in [4.78, 5) is 14.7. The average molecular weight is 345 g/mol. The van der Waals surface area contributed by atoms with E-state index < -0.39 is 0 Å². The molecule has 4 nitrogen and oxygen atoms in total. The van der Waals surface area contributed by atoms with Crippen molar-refractivity contribution < 1.29 is 9.53 Å². The second kappa shape index (κ2) is 7.79. The highest BCUT2D eigenvalue weighted by Crippen LogP contribution is 2.20. The number of nitrogens with one attached hydrogen (secondary N) is 1. The van der Waals surface area contributed by atoms with Crippen molar-refractivity contribution in [2.45, 2.75) is 13.5 Å². The van der Waals surface area contributed by atoms with Crippen LogP contribution in [0.15, 0.2) is 42.5 Å². The van der Waals surface area contributed by atoms with Crippen molar-refractivity contribution >= 4 is 23.2 Å². The van der Waals surface area contributed by atoms with E-state index in [0.29, 0.717) is 16.3 Å². The van der Waals surface area contributed by atoms with Crippen molar-refractivity contribution in [3.63, 3.8) is 0 Å². The van der Waals surface area contributed by atoms with Gasteiger partial charge in [-0.2, -0.15) is 0 Å². The number of benzene rings is 2. The number of carbonyl (C=O) groups excluding carboxylic acids is 1. The zero-order valence-corrected chi connectivity index (χ0v) is 14.5. The molecule has 24 heavy (non-hydrogen) atoms. The molecule has 0 bridgehead atoms. The predicted molar refractivity (Wildman–Crippen MR) is 96.7 cm³/mol. The van der Waals surface area contributed by atoms with Gasteiger partial charge in [0.05, 0.1) is 13.2 Å². The third-order valence-electron chi connectivity index (χ3n) is 4.16. The van der Waals surface area contributed by atoms with Crippen LogP contribution in [0.1, 0.15) is 21.5 Å². The fraction of sp³-hybridized carbons (Fsp3) is 0.316. The van der Waals surface area contributed by atoms with Crippen molar-refractivity contribution in [1.29, 1.82) is 0 Å². The van der Waals surface area contributed by atoms with Gasteiger partial charge in [0.1, 0.15) is 0 Å². The molecule has 2 aromatic carbocycles. The minimum atomic E-state index is -0.132. The minimum Gasteiger partial charge on any atom is -0.379 e. The molecule has 2 aromatic rings. The fourth-order valence-electron chi connectivity index (χ4n) is 2.65. The Bertz CT molecular complexity index is 710. The van der Waals surface area contributed by atoms with E-state index in [-0.39, 0.29) is 5.91 Å². The van der Waals surface area contributed by atoms with Gasteiger partial charge in [0, 0.05) is 35.9 Å². The highest BCUT2D eigenvalue weighted by atomic mass is 35.5. The average Bonchev–Trinajstić information content (AvgIpc) is 2.60. The van der Waals surface area contributed by atoms with Crippen LogP contribution < -0.4 is 5.32 Å². The molecule has 126 valence electrons. The Kier molecular flexibility index (Phi) is 5.51. The topological polar surface area (TPSA) is 41.6 Å². The molecule has 1 aliphatic heterocycles. The van der Waals surface area contributed by atoms with E-state index in [1.807, 2.05) is 43.3 Å². The summed E-state index contributed by atoms with van der Waals surface area (Å²) in [5, 5.41) is 3.52. The number of carbonyl (C=O) groups is 1. The number of hydrogen-bond donors (Lipinski definition) is 1. The quantitative estimate of drug-likeness (QED) is 0.918. The zero-order valence-electron chi connectivity index (χ0n) is 13.7. The van der Waals surface area contributed by atoms with E-state index in [0.717, 1.165) is 38.4 Å². The van der Waals surface area contributed by atoms with Gasteiger partial charge in [-0.15, -0.1) is 0 Å². The Morgan fingerprint density at radius 2 is 1.88 bits per heavy atom. The van der Waals surface area contributed by atoms with E-state index in [9.17, 15) is 4.79 Å². The molecule has 0 unspecified atom stereocenters. The van der Waals surface area contributed by atoms with Gasteiger partial charge in [-0.3, -0.25) is 9.69 Å². The molecular formula is C19H21ClN2O2. The molecule has 1 amide bonds. The Hall–Kier alpha value is -1.88. The van der Waals surface area contributed by atoms with Gasteiger partial charge in [0.25, 0.3) is 5.91 Å². The Morgan fingerprint density at radius 1 is 1.17 bits per heavy atom. The second-order valence-electron chi connectivity index (χ2n) is 6.00. The van der Waals surface area contributed by atoms with E-state index >= 15 is 0 Å². The highest BCUT2D eigenvalue weighted by molar-refractivity contribution is 6.31. The summed E-state index contributed by atoms with van der Waals surface area (Å²) in [6, 6.07) is 13.2. The highest BCUT2D eigenvalue weighted by Gasteiger charge is 2.11. The maximum absolute atomic E-state index is 12.3. The van der Waals surface area contributed by atoms with Crippen molar-refractivity contribution in [2.75, 3.05) is 31.6 Å². The number of aryl methyl sites for hydroxylation is 1. The maximum Gasteiger partial charge on any atom is 0.255 e. The first kappa shape index (κ1) is 17.0. The van der Waals surface area contributed by atoms with Crippen molar-refractivity contribution in [3.05, 3.63) is 64.2 Å². The lowest BCUT2D eigenvalue weighted by Gasteiger charge is -2.26. The largest absolute Gasteiger partial charge is 0.379 e. The number of rotatable bonds is 4. The lowest BCUT2D eigenvalue weighted by Crippen LogP contribution is -2.35. The second-order valence-corrected chi connectivity index (χ2v) is 6.41. The minimum absolute atomic E-state index is 0.132. The monoisotopic (exact) mass is 344 g/mol. The number of morpholine rings is 1. The van der Waals surface area contributed by atoms with Gasteiger partial charge in [-0.25, -0.2) is 0 Å². The molecule has 0 spiro atoms. The first-order valence-corrected chi connectivity index (χ1v) is 8.46. The molecule has 1 fully saturated rings. The molecule has 5 heteroatoms. The van der Waals surface area contributed by atoms with E-state index in [1.54, 1.807) is 6.07 Å². The summed E-state index contributed by atoms with van der Waals surface area (Å²) in [6.07, 6.45) is 0. The summed E-state index contributed by atoms with van der Waals surface area (Å²) in [5.41, 5.74) is 3.53. The first-order chi connectivity index (χ1) is 11.6. The standard InChI is InChI=1S/C19H21ClN2O2/c1-14-2-7-17(12-18(14)20)21-19(23)16-5-3-15(4-6-16)13-22-8-10-24-11-9-22/h2-7,12H,8-11,13H2,1H3,(H,21,23). The number of amides is 1. The fourth-order valence-corrected chi connectivity index (χ4v) is 2.83. The van der Waals surface area contributed by atoms with Crippen LogP contribution in [0.2, 0.25) is 5.02 Å². The summed E-state index contributed by atoms with van der Waals surface area (Å²) in [5.74, 6) is -0.132. The lowest BCUT2D eigenvalue weighted by atomic mass is 10.1. The van der Waals surface area contributed by atoms with Crippen LogP contribution in [0, 0.1) is 6.92 Å². The van der Waals surface area contributed by atoms with Crippen LogP contribution >= 0.6 is 11.6 Å². The molecule has 0 radical (unpaired) electrons. The number of hydrogen-bond acceptors (Lipinski definition) is 3. The van der Waals surface area contributed by atoms with Crippen LogP contribution in [0.3, 0.4) is 0 Å². The molecule has 3 rings (SSSR count). The van der Waals surface area contributed by atoms with E-state index in [1.165, 1.54) is 5.56 Å². The molecule has 1 aliphatic rings. The Morgan fingerprint density at radius 3 is 2.54 bits per heavy atom. The van der Waals surface area contributed by atoms with E-state index in [2.05, 4.69) is 10.2 Å². The van der Waals surface area contributed by atoms with Gasteiger partial charge in [-0.1, -0.05) is 29.8 Å². The SMILES string of the molecule is Cc1ccc(NC(=O)c2ccc(CN3CCOCC3)cc2)cc1Cl. The summed E-state index contributed by atoms with van der Waals surface area (Å²) >= 11 is 6.09. The predicted octanol–water partition coefficient (Wildman–Crippen LogP) is 3.73. The summed E-state index contributed by atoms with van der Waals surface area (Å²) in [6.45, 7) is 6.31. The summed E-state index contributed by atoms with van der Waals surface area (Å²) < 4.78 is 5.36. The number of halogens is 1. The smallest absolute Gasteiger partial charge is 0.255 e. The molecule has 0 aliphatic carbocycles. The molecule has 0 atom stereocenters. The lowest BCUT2D eigenvalue weighted by molar-refractivity contribution is 0.0342. The summed E-state index contributed by atoms with van der Waals surface area (Å²) in [7, 11) is 0. The Balaban J connectivity index is 1.61. The van der Waals surface area contributed by atoms with Gasteiger partial charge in [0.2, 0.25) is 0 Å². The molecular weight excluding hydrogens is 324 g/mol. The first-order valence-electron chi connectivity index (χ1n) is 8.08. The molecule has 1 saturated heterocycles. The van der Waals surface area contributed by atoms with Gasteiger partial charge in [-0.05, 0) is 42.3 Å². The van der Waals surface area contributed by atoms with Crippen LogP contribution in [0.4, 0.5) is 5.69 Å². The number of nitrogens with zero attached hydrogens (tertiary/aromatic N) is 1. The van der Waals surface area contributed by atoms with E-state index in [4.69, 9.17) is 16.3 Å². The maximum atomic E-state index is 12.3. The van der Waals surface area contributed by atoms with Crippen LogP contribution in [-0.4, -0.2) is 37.1 Å². The third kappa shape index (κ3) is 4.35. The molecule has 1 N–H and O–H groups in total. The molecule has 0 aromatic heterocycles. The van der Waals surface area contributed by atoms with Crippen molar-refractivity contribution in [1.82, 2.24) is 4.90 Å². The van der Waals surface area contributed by atoms with Crippen molar-refractivity contribution in [3.8, 4) is 0 Å². The third-order valence-corrected chi connectivity index (χ3v) is 4.56. The van der Waals surface area contributed by atoms with Crippen LogP contribution in [0.25, 0.3) is 0 Å². The van der Waals surface area contributed by atoms with Crippen LogP contribution in [-0.2, 0) is 11.3 Å². The zero-order chi connectivity index (χ0) is 16.9. The number of ether oxygens (including phenoxy) is 1. The van der Waals surface area contributed by atoms with Gasteiger partial charge < -0.3 is 10.1 Å². The van der Waals surface area contributed by atoms with Gasteiger partial charge >= 0.3 is 0 Å². The number of anilines is 1. The van der Waals surface area contributed by atoms with Gasteiger partial charge in [0.15, 0.2) is 0 Å². The Labute approximate surface area is 147 Å². The van der Waals surface area contributed by atoms with Crippen LogP contribution in [0.5, 0.6) is 0 Å². The normalized spacial score (nSPS) is 15.2.